The van der Waals surface area contributed by atoms with Crippen LogP contribution in [0, 0.1) is 0 Å². The van der Waals surface area contributed by atoms with E-state index >= 15 is 0 Å². The summed E-state index contributed by atoms with van der Waals surface area (Å²) in [5, 5.41) is 1.28. The molecule has 2 heteroatoms. The van der Waals surface area contributed by atoms with Crippen LogP contribution in [0.4, 0.5) is 0 Å². The first-order chi connectivity index (χ1) is 1.91. The Kier molecular flexibility index (Phi) is 3.94. The van der Waals surface area contributed by atoms with Crippen molar-refractivity contribution in [1.29, 1.82) is 0 Å². The summed E-state index contributed by atoms with van der Waals surface area (Å²) >= 11 is 0.988. The van der Waals surface area contributed by atoms with Crippen LogP contribution in [0.3, 0.4) is 0 Å². The van der Waals surface area contributed by atoms with E-state index in [9.17, 15) is 0 Å². The van der Waals surface area contributed by atoms with E-state index in [2.05, 4.69) is 0 Å². The van der Waals surface area contributed by atoms with Crippen molar-refractivity contribution in [2.24, 2.45) is 5.73 Å². The van der Waals surface area contributed by atoms with Crippen LogP contribution in [-0.2, 0) is 0 Å². The number of rotatable bonds is 1. The number of hydrogen-bond acceptors (Lipinski definition) is 1. The molecule has 0 aliphatic carbocycles. The van der Waals surface area contributed by atoms with Crippen LogP contribution < -0.4 is 5.73 Å². The maximum atomic E-state index is 5.07. The molecule has 1 nitrogen and oxygen atoms in total. The van der Waals surface area contributed by atoms with Crippen LogP contribution in [0.2, 0.25) is 5.25 Å². The van der Waals surface area contributed by atoms with Crippen molar-refractivity contribution in [3.8, 4) is 0 Å². The fraction of sp³-hybridized carbons (Fsp3) is 1.00. The molecule has 2 N–H and O–H groups in total. The second kappa shape index (κ2) is 3.50. The SMILES string of the molecule is NC[CH2][GeH3]. The molecule has 0 aliphatic heterocycles. The molecule has 0 rings (SSSR count). The van der Waals surface area contributed by atoms with Gasteiger partial charge in [0.05, 0.1) is 0 Å². The van der Waals surface area contributed by atoms with E-state index in [1.54, 1.807) is 0 Å². The van der Waals surface area contributed by atoms with E-state index in [-0.39, 0.29) is 0 Å². The fourth-order valence-electron chi connectivity index (χ4n) is 0. The summed E-state index contributed by atoms with van der Waals surface area (Å²) in [5.74, 6) is 0. The van der Waals surface area contributed by atoms with Crippen LogP contribution in [-0.4, -0.2) is 23.1 Å². The van der Waals surface area contributed by atoms with Gasteiger partial charge < -0.3 is 0 Å². The molecular weight excluding hydrogens is 111 g/mol. The first-order valence-electron chi connectivity index (χ1n) is 1.62. The van der Waals surface area contributed by atoms with E-state index in [0.717, 1.165) is 23.1 Å². The monoisotopic (exact) mass is 121 g/mol. The van der Waals surface area contributed by atoms with Gasteiger partial charge in [-0.25, -0.2) is 0 Å². The molecule has 0 aromatic rings. The van der Waals surface area contributed by atoms with Gasteiger partial charge in [0.1, 0.15) is 0 Å². The molecule has 0 aliphatic rings. The normalized spacial score (nSPS) is 8.25. The van der Waals surface area contributed by atoms with Crippen LogP contribution in [0.15, 0.2) is 0 Å². The zero-order chi connectivity index (χ0) is 3.41. The molecule has 26 valence electrons. The van der Waals surface area contributed by atoms with Gasteiger partial charge in [0.25, 0.3) is 0 Å². The second-order valence-electron chi connectivity index (χ2n) is 0.789. The molecule has 0 bridgehead atoms. The first-order valence-corrected chi connectivity index (χ1v) is 4.58. The molecular formula is C2H9GeN. The Balaban J connectivity index is 1.97. The first kappa shape index (κ1) is 4.50. The molecule has 0 spiro atoms. The molecule has 4 heavy (non-hydrogen) atoms. The van der Waals surface area contributed by atoms with Gasteiger partial charge in [-0.1, -0.05) is 0 Å². The molecule has 0 unspecified atom stereocenters. The van der Waals surface area contributed by atoms with Gasteiger partial charge in [-0.05, 0) is 0 Å². The van der Waals surface area contributed by atoms with Gasteiger partial charge in [-0.3, -0.25) is 0 Å². The summed E-state index contributed by atoms with van der Waals surface area (Å²) in [6.45, 7) is 0.903. The van der Waals surface area contributed by atoms with Crippen molar-refractivity contribution >= 4 is 16.5 Å². The Morgan fingerprint density at radius 1 is 1.75 bits per heavy atom. The Labute approximate surface area is 34.8 Å². The Morgan fingerprint density at radius 2 is 2.00 bits per heavy atom. The summed E-state index contributed by atoms with van der Waals surface area (Å²) in [5.41, 5.74) is 5.07. The molecule has 0 saturated heterocycles. The van der Waals surface area contributed by atoms with Crippen LogP contribution >= 0.6 is 0 Å². The fourth-order valence-corrected chi connectivity index (χ4v) is 0. The van der Waals surface area contributed by atoms with E-state index in [0.29, 0.717) is 0 Å². The van der Waals surface area contributed by atoms with E-state index in [1.807, 2.05) is 0 Å². The molecule has 0 aromatic carbocycles. The number of nitrogens with two attached hydrogens (primary N) is 1. The Bertz CT molecular complexity index is 8.00. The minimum atomic E-state index is 0.903. The average molecular weight is 120 g/mol. The third kappa shape index (κ3) is 2.50. The van der Waals surface area contributed by atoms with Gasteiger partial charge in [-0.15, -0.1) is 0 Å². The van der Waals surface area contributed by atoms with Gasteiger partial charge >= 0.3 is 34.0 Å². The van der Waals surface area contributed by atoms with Crippen LogP contribution in [0.1, 0.15) is 0 Å². The van der Waals surface area contributed by atoms with Crippen molar-refractivity contribution in [2.75, 3.05) is 6.54 Å². The van der Waals surface area contributed by atoms with E-state index in [4.69, 9.17) is 5.73 Å². The van der Waals surface area contributed by atoms with Gasteiger partial charge in [0, 0.05) is 0 Å². The van der Waals surface area contributed by atoms with Crippen molar-refractivity contribution in [3.63, 3.8) is 0 Å². The van der Waals surface area contributed by atoms with Crippen molar-refractivity contribution in [3.05, 3.63) is 0 Å². The quantitative estimate of drug-likeness (QED) is 0.428. The summed E-state index contributed by atoms with van der Waals surface area (Å²) in [6.07, 6.45) is 0. The van der Waals surface area contributed by atoms with Crippen LogP contribution in [0.25, 0.3) is 0 Å². The van der Waals surface area contributed by atoms with Crippen molar-refractivity contribution in [1.82, 2.24) is 0 Å². The Hall–Kier alpha value is 0.503. The molecule has 0 fully saturated rings. The summed E-state index contributed by atoms with van der Waals surface area (Å²) in [4.78, 5) is 0. The standard InChI is InChI=1S/C2H9GeN/c3-1-2-4/h1-2,4H2,3H3. The topological polar surface area (TPSA) is 26.0 Å². The van der Waals surface area contributed by atoms with E-state index in [1.165, 1.54) is 5.25 Å². The minimum absolute atomic E-state index is 0.903. The van der Waals surface area contributed by atoms with E-state index < -0.39 is 0 Å². The average Bonchev–Trinajstić information content (AvgIpc) is 1.37. The zero-order valence-corrected chi connectivity index (χ0v) is 7.19. The predicted molar refractivity (Wildman–Crippen MR) is 23.8 cm³/mol. The second-order valence-corrected chi connectivity index (χ2v) is 2.89. The number of hydrogen-bond donors (Lipinski definition) is 1. The zero-order valence-electron chi connectivity index (χ0n) is 2.99. The molecule has 0 heterocycles. The van der Waals surface area contributed by atoms with Crippen molar-refractivity contribution < 1.29 is 0 Å². The summed E-state index contributed by atoms with van der Waals surface area (Å²) < 4.78 is 0. The molecule has 0 atom stereocenters. The van der Waals surface area contributed by atoms with Crippen molar-refractivity contribution in [2.45, 2.75) is 5.25 Å². The predicted octanol–water partition coefficient (Wildman–Crippen LogP) is -1.27. The molecule has 0 saturated carbocycles. The van der Waals surface area contributed by atoms with Gasteiger partial charge in [0.2, 0.25) is 0 Å². The maximum absolute atomic E-state index is 5.07. The molecule has 0 radical (unpaired) electrons. The molecule has 0 aromatic heterocycles. The van der Waals surface area contributed by atoms with Gasteiger partial charge in [-0.2, -0.15) is 0 Å². The van der Waals surface area contributed by atoms with Crippen LogP contribution in [0.5, 0.6) is 0 Å². The van der Waals surface area contributed by atoms with Gasteiger partial charge in [0.15, 0.2) is 0 Å². The molecule has 0 amide bonds. The third-order valence-corrected chi connectivity index (χ3v) is 1.50. The summed E-state index contributed by atoms with van der Waals surface area (Å²) in [7, 11) is 0. The third-order valence-electron chi connectivity index (χ3n) is 0.289. The Morgan fingerprint density at radius 3 is 2.00 bits per heavy atom. The summed E-state index contributed by atoms with van der Waals surface area (Å²) in [6, 6.07) is 0.